The molecule has 2 N–H and O–H groups in total. The summed E-state index contributed by atoms with van der Waals surface area (Å²) in [5.41, 5.74) is 3.83. The molecule has 0 radical (unpaired) electrons. The number of ether oxygens (including phenoxy) is 1. The first kappa shape index (κ1) is 23.2. The number of halogens is 2. The summed E-state index contributed by atoms with van der Waals surface area (Å²) in [7, 11) is 0. The van der Waals surface area contributed by atoms with E-state index in [1.54, 1.807) is 66.7 Å². The van der Waals surface area contributed by atoms with E-state index in [1.165, 1.54) is 6.21 Å². The van der Waals surface area contributed by atoms with Crippen molar-refractivity contribution in [3.63, 3.8) is 0 Å². The lowest BCUT2D eigenvalue weighted by molar-refractivity contribution is -0.120. The molecule has 3 rings (SSSR count). The summed E-state index contributed by atoms with van der Waals surface area (Å²) in [5, 5.41) is 6.85. The molecule has 0 saturated heterocycles. The van der Waals surface area contributed by atoms with E-state index in [0.717, 1.165) is 4.47 Å². The Morgan fingerprint density at radius 2 is 1.69 bits per heavy atom. The fourth-order valence-electron chi connectivity index (χ4n) is 2.49. The molecule has 0 unspecified atom stereocenters. The number of benzene rings is 3. The third kappa shape index (κ3) is 7.04. The number of nitrogens with one attached hydrogen (secondary N) is 2. The Morgan fingerprint density at radius 3 is 2.38 bits per heavy atom. The van der Waals surface area contributed by atoms with Crippen molar-refractivity contribution in [1.82, 2.24) is 10.7 Å². The lowest BCUT2D eigenvalue weighted by Gasteiger charge is -2.05. The molecule has 162 valence electrons. The molecule has 9 heteroatoms. The minimum Gasteiger partial charge on any atom is -0.423 e. The van der Waals surface area contributed by atoms with Crippen LogP contribution < -0.4 is 15.5 Å². The molecule has 0 aliphatic heterocycles. The van der Waals surface area contributed by atoms with Crippen LogP contribution in [0.3, 0.4) is 0 Å². The van der Waals surface area contributed by atoms with E-state index in [2.05, 4.69) is 31.8 Å². The van der Waals surface area contributed by atoms with Crippen LogP contribution in [0, 0.1) is 0 Å². The van der Waals surface area contributed by atoms with Gasteiger partial charge in [-0.3, -0.25) is 9.59 Å². The maximum atomic E-state index is 12.2. The first-order chi connectivity index (χ1) is 15.4. The molecule has 7 nitrogen and oxygen atoms in total. The van der Waals surface area contributed by atoms with Crippen molar-refractivity contribution < 1.29 is 19.1 Å². The first-order valence-corrected chi connectivity index (χ1v) is 10.5. The third-order valence-electron chi connectivity index (χ3n) is 4.07. The van der Waals surface area contributed by atoms with Gasteiger partial charge in [-0.1, -0.05) is 33.6 Å². The van der Waals surface area contributed by atoms with Crippen molar-refractivity contribution in [2.45, 2.75) is 0 Å². The summed E-state index contributed by atoms with van der Waals surface area (Å²) in [5.74, 6) is -0.973. The van der Waals surface area contributed by atoms with E-state index < -0.39 is 17.8 Å². The number of carbonyl (C=O) groups excluding carboxylic acids is 3. The van der Waals surface area contributed by atoms with Gasteiger partial charge >= 0.3 is 5.97 Å². The average Bonchev–Trinajstić information content (AvgIpc) is 2.79. The number of amides is 2. The predicted octanol–water partition coefficient (Wildman–Crippen LogP) is 4.20. The van der Waals surface area contributed by atoms with E-state index in [1.807, 2.05) is 6.07 Å². The molecule has 0 aliphatic carbocycles. The number of carbonyl (C=O) groups is 3. The summed E-state index contributed by atoms with van der Waals surface area (Å²) in [6.45, 7) is -0.233. The smallest absolute Gasteiger partial charge is 0.343 e. The highest BCUT2D eigenvalue weighted by Crippen LogP contribution is 2.16. The molecule has 0 aliphatic rings. The Kier molecular flexibility index (Phi) is 8.13. The Morgan fingerprint density at radius 1 is 0.969 bits per heavy atom. The maximum Gasteiger partial charge on any atom is 0.343 e. The zero-order valence-electron chi connectivity index (χ0n) is 16.5. The molecule has 0 spiro atoms. The van der Waals surface area contributed by atoms with Crippen LogP contribution in [0.5, 0.6) is 5.75 Å². The van der Waals surface area contributed by atoms with E-state index in [0.29, 0.717) is 27.5 Å². The van der Waals surface area contributed by atoms with E-state index in [-0.39, 0.29) is 6.54 Å². The Balaban J connectivity index is 1.45. The molecule has 32 heavy (non-hydrogen) atoms. The number of rotatable bonds is 7. The van der Waals surface area contributed by atoms with Gasteiger partial charge in [0.05, 0.1) is 18.3 Å². The second-order valence-corrected chi connectivity index (χ2v) is 7.80. The van der Waals surface area contributed by atoms with Gasteiger partial charge < -0.3 is 10.1 Å². The van der Waals surface area contributed by atoms with E-state index in [9.17, 15) is 14.4 Å². The van der Waals surface area contributed by atoms with Crippen LogP contribution in [-0.2, 0) is 4.79 Å². The largest absolute Gasteiger partial charge is 0.423 e. The van der Waals surface area contributed by atoms with Gasteiger partial charge in [0.15, 0.2) is 0 Å². The monoisotopic (exact) mass is 513 g/mol. The van der Waals surface area contributed by atoms with Crippen molar-refractivity contribution >= 4 is 51.5 Å². The molecule has 3 aromatic rings. The zero-order chi connectivity index (χ0) is 22.9. The molecule has 0 atom stereocenters. The van der Waals surface area contributed by atoms with Crippen molar-refractivity contribution in [3.05, 3.63) is 99.0 Å². The summed E-state index contributed by atoms with van der Waals surface area (Å²) in [6.07, 6.45) is 1.43. The summed E-state index contributed by atoms with van der Waals surface area (Å²) < 4.78 is 6.11. The molecule has 0 saturated carbocycles. The van der Waals surface area contributed by atoms with Crippen LogP contribution in [0.15, 0.2) is 82.4 Å². The Hall–Kier alpha value is -3.49. The van der Waals surface area contributed by atoms with Gasteiger partial charge in [0, 0.05) is 15.1 Å². The molecule has 0 bridgehead atoms. The summed E-state index contributed by atoms with van der Waals surface area (Å²) in [6, 6.07) is 19.8. The minimum atomic E-state index is -0.483. The maximum absolute atomic E-state index is 12.2. The summed E-state index contributed by atoms with van der Waals surface area (Å²) in [4.78, 5) is 36.0. The number of esters is 1. The SMILES string of the molecule is O=C(CNC(=O)c1ccc(Cl)cc1)N/N=C/c1ccc(OC(=O)c2cccc(Br)c2)cc1. The lowest BCUT2D eigenvalue weighted by atomic mass is 10.2. The number of hydrogen-bond acceptors (Lipinski definition) is 5. The van der Waals surface area contributed by atoms with Gasteiger partial charge in [-0.2, -0.15) is 5.10 Å². The van der Waals surface area contributed by atoms with E-state index in [4.69, 9.17) is 16.3 Å². The number of hydrazone groups is 1. The highest BCUT2D eigenvalue weighted by atomic mass is 79.9. The zero-order valence-corrected chi connectivity index (χ0v) is 18.9. The fourth-order valence-corrected chi connectivity index (χ4v) is 3.01. The van der Waals surface area contributed by atoms with Crippen LogP contribution in [0.2, 0.25) is 5.02 Å². The molecular formula is C23H17BrClN3O4. The quantitative estimate of drug-likeness (QED) is 0.214. The molecular weight excluding hydrogens is 498 g/mol. The average molecular weight is 515 g/mol. The predicted molar refractivity (Wildman–Crippen MR) is 125 cm³/mol. The second kappa shape index (κ2) is 11.2. The van der Waals surface area contributed by atoms with Gasteiger partial charge in [-0.25, -0.2) is 10.2 Å². The highest BCUT2D eigenvalue weighted by molar-refractivity contribution is 9.10. The number of nitrogens with zero attached hydrogens (tertiary/aromatic N) is 1. The molecule has 0 aromatic heterocycles. The molecule has 2 amide bonds. The Labute approximate surface area is 197 Å². The van der Waals surface area contributed by atoms with Crippen LogP contribution >= 0.6 is 27.5 Å². The van der Waals surface area contributed by atoms with Crippen LogP contribution in [-0.4, -0.2) is 30.5 Å². The van der Waals surface area contributed by atoms with E-state index >= 15 is 0 Å². The standard InChI is InChI=1S/C23H17BrClN3O4/c24-18-3-1-2-17(12-18)23(31)32-20-10-4-15(5-11-20)13-27-28-21(29)14-26-22(30)16-6-8-19(25)9-7-16/h1-13H,14H2,(H,26,30)(H,28,29)/b27-13+. The number of hydrogen-bond donors (Lipinski definition) is 2. The van der Waals surface area contributed by atoms with Gasteiger partial charge in [0.1, 0.15) is 5.75 Å². The third-order valence-corrected chi connectivity index (χ3v) is 4.81. The van der Waals surface area contributed by atoms with Gasteiger partial charge in [-0.05, 0) is 72.3 Å². The molecule has 3 aromatic carbocycles. The first-order valence-electron chi connectivity index (χ1n) is 9.34. The van der Waals surface area contributed by atoms with Gasteiger partial charge in [-0.15, -0.1) is 0 Å². The molecule has 0 fully saturated rings. The second-order valence-electron chi connectivity index (χ2n) is 6.45. The van der Waals surface area contributed by atoms with Crippen LogP contribution in [0.25, 0.3) is 0 Å². The van der Waals surface area contributed by atoms with Crippen LogP contribution in [0.1, 0.15) is 26.3 Å². The van der Waals surface area contributed by atoms with Crippen molar-refractivity contribution in [2.24, 2.45) is 5.10 Å². The van der Waals surface area contributed by atoms with Crippen LogP contribution in [0.4, 0.5) is 0 Å². The highest BCUT2D eigenvalue weighted by Gasteiger charge is 2.09. The normalized spacial score (nSPS) is 10.6. The van der Waals surface area contributed by atoms with Crippen molar-refractivity contribution in [2.75, 3.05) is 6.54 Å². The fraction of sp³-hybridized carbons (Fsp3) is 0.0435. The Bertz CT molecular complexity index is 1150. The minimum absolute atomic E-state index is 0.233. The topological polar surface area (TPSA) is 96.9 Å². The van der Waals surface area contributed by atoms with Gasteiger partial charge in [0.25, 0.3) is 11.8 Å². The lowest BCUT2D eigenvalue weighted by Crippen LogP contribution is -2.34. The summed E-state index contributed by atoms with van der Waals surface area (Å²) >= 11 is 9.09. The van der Waals surface area contributed by atoms with Crippen molar-refractivity contribution in [1.29, 1.82) is 0 Å². The van der Waals surface area contributed by atoms with Crippen molar-refractivity contribution in [3.8, 4) is 5.75 Å². The van der Waals surface area contributed by atoms with Gasteiger partial charge in [0.2, 0.25) is 0 Å². The molecule has 0 heterocycles.